The topological polar surface area (TPSA) is 111 Å². The van der Waals surface area contributed by atoms with Crippen LogP contribution in [0.3, 0.4) is 0 Å². The third-order valence-electron chi connectivity index (χ3n) is 8.23. The molecule has 1 atom stereocenters. The van der Waals surface area contributed by atoms with Gasteiger partial charge in [-0.25, -0.2) is 4.98 Å². The Bertz CT molecular complexity index is 1480. The fourth-order valence-electron chi connectivity index (χ4n) is 6.06. The van der Waals surface area contributed by atoms with Crippen molar-refractivity contribution in [2.75, 3.05) is 62.3 Å². The fourth-order valence-corrected chi connectivity index (χ4v) is 6.90. The van der Waals surface area contributed by atoms with Crippen molar-refractivity contribution in [3.05, 3.63) is 46.3 Å². The van der Waals surface area contributed by atoms with E-state index in [0.29, 0.717) is 31.7 Å². The number of ether oxygens (including phenoxy) is 1. The molecule has 0 bridgehead atoms. The Kier molecular flexibility index (Phi) is 6.60. The van der Waals surface area contributed by atoms with Gasteiger partial charge in [0.2, 0.25) is 17.8 Å². The standard InChI is InChI=1S/C28H31N7O4S/c36-23-4-3-22(26(37)30-23)35-17-19-15-18(1-2-20(19)27(35)38)16-32-6-8-33(9-7-32)25-24-21(5-14-40-24)29-28(31-25)34-10-12-39-13-11-34/h1-2,5,14-15,22H,3-4,6-13,16-17H2,(H,30,36,37). The third-order valence-corrected chi connectivity index (χ3v) is 9.13. The summed E-state index contributed by atoms with van der Waals surface area (Å²) >= 11 is 1.69. The summed E-state index contributed by atoms with van der Waals surface area (Å²) in [7, 11) is 0. The highest BCUT2D eigenvalue weighted by atomic mass is 32.1. The maximum absolute atomic E-state index is 13.0. The smallest absolute Gasteiger partial charge is 0.255 e. The molecule has 3 fully saturated rings. The number of aromatic nitrogens is 2. The van der Waals surface area contributed by atoms with Crippen LogP contribution in [0, 0.1) is 0 Å². The van der Waals surface area contributed by atoms with Crippen molar-refractivity contribution in [3.8, 4) is 0 Å². The van der Waals surface area contributed by atoms with Crippen molar-refractivity contribution in [2.24, 2.45) is 0 Å². The average Bonchev–Trinajstić information content (AvgIpc) is 3.58. The fraction of sp³-hybridized carbons (Fsp3) is 0.464. The quantitative estimate of drug-likeness (QED) is 0.465. The SMILES string of the molecule is O=C1CCC(N2Cc3cc(CN4CCN(c5nc(N6CCOCC6)nc6ccsc56)CC4)ccc3C2=O)C(=O)N1. The second-order valence-corrected chi connectivity index (χ2v) is 11.7. The molecule has 0 spiro atoms. The second kappa shape index (κ2) is 10.4. The van der Waals surface area contributed by atoms with E-state index in [9.17, 15) is 14.4 Å². The number of imide groups is 1. The molecule has 11 nitrogen and oxygen atoms in total. The molecular weight excluding hydrogens is 530 g/mol. The number of rotatable bonds is 5. The highest BCUT2D eigenvalue weighted by Crippen LogP contribution is 2.32. The molecule has 3 aromatic rings. The van der Waals surface area contributed by atoms with Crippen LogP contribution in [-0.2, 0) is 27.4 Å². The lowest BCUT2D eigenvalue weighted by Gasteiger charge is -2.36. The maximum atomic E-state index is 13.0. The Morgan fingerprint density at radius 1 is 0.975 bits per heavy atom. The number of carbonyl (C=O) groups excluding carboxylic acids is 3. The molecule has 2 aromatic heterocycles. The number of nitrogens with zero attached hydrogens (tertiary/aromatic N) is 6. The number of thiophene rings is 1. The van der Waals surface area contributed by atoms with Gasteiger partial charge < -0.3 is 19.4 Å². The van der Waals surface area contributed by atoms with Gasteiger partial charge in [0.05, 0.1) is 23.4 Å². The van der Waals surface area contributed by atoms with Gasteiger partial charge in [0, 0.05) is 64.3 Å². The molecule has 3 amide bonds. The number of piperazine rings is 1. The lowest BCUT2D eigenvalue weighted by Crippen LogP contribution is -2.52. The van der Waals surface area contributed by atoms with Crippen LogP contribution in [0.5, 0.6) is 0 Å². The van der Waals surface area contributed by atoms with Crippen LogP contribution >= 0.6 is 11.3 Å². The summed E-state index contributed by atoms with van der Waals surface area (Å²) in [4.78, 5) is 55.4. The highest BCUT2D eigenvalue weighted by molar-refractivity contribution is 7.17. The van der Waals surface area contributed by atoms with Gasteiger partial charge in [-0.1, -0.05) is 12.1 Å². The van der Waals surface area contributed by atoms with E-state index in [4.69, 9.17) is 14.7 Å². The van der Waals surface area contributed by atoms with Gasteiger partial charge in [0.15, 0.2) is 5.82 Å². The summed E-state index contributed by atoms with van der Waals surface area (Å²) < 4.78 is 6.65. The minimum absolute atomic E-state index is 0.133. The molecule has 12 heteroatoms. The molecule has 7 rings (SSSR count). The van der Waals surface area contributed by atoms with E-state index in [0.717, 1.165) is 78.9 Å². The zero-order chi connectivity index (χ0) is 27.2. The number of carbonyl (C=O) groups is 3. The van der Waals surface area contributed by atoms with E-state index in [1.54, 1.807) is 16.2 Å². The molecule has 4 aliphatic heterocycles. The van der Waals surface area contributed by atoms with Gasteiger partial charge in [-0.05, 0) is 35.1 Å². The molecule has 1 aromatic carbocycles. The summed E-state index contributed by atoms with van der Waals surface area (Å²) in [5.74, 6) is 1.02. The van der Waals surface area contributed by atoms with Gasteiger partial charge in [-0.2, -0.15) is 4.98 Å². The number of hydrogen-bond donors (Lipinski definition) is 1. The summed E-state index contributed by atoms with van der Waals surface area (Å²) in [5.41, 5.74) is 3.75. The van der Waals surface area contributed by atoms with E-state index in [1.807, 2.05) is 12.1 Å². The molecule has 40 heavy (non-hydrogen) atoms. The number of morpholine rings is 1. The van der Waals surface area contributed by atoms with Crippen LogP contribution in [-0.4, -0.2) is 96.0 Å². The molecule has 3 saturated heterocycles. The number of piperidine rings is 1. The Morgan fingerprint density at radius 3 is 2.60 bits per heavy atom. The minimum atomic E-state index is -0.588. The maximum Gasteiger partial charge on any atom is 0.255 e. The number of nitrogens with one attached hydrogen (secondary N) is 1. The van der Waals surface area contributed by atoms with Crippen LogP contribution in [0.4, 0.5) is 11.8 Å². The van der Waals surface area contributed by atoms with E-state index in [-0.39, 0.29) is 24.1 Å². The normalized spacial score (nSPS) is 22.2. The zero-order valence-corrected chi connectivity index (χ0v) is 23.0. The predicted octanol–water partition coefficient (Wildman–Crippen LogP) is 1.61. The largest absolute Gasteiger partial charge is 0.378 e. The summed E-state index contributed by atoms with van der Waals surface area (Å²) in [6, 6.07) is 7.49. The van der Waals surface area contributed by atoms with Gasteiger partial charge >= 0.3 is 0 Å². The number of benzene rings is 1. The summed E-state index contributed by atoms with van der Waals surface area (Å²) in [6.07, 6.45) is 0.634. The van der Waals surface area contributed by atoms with Crippen molar-refractivity contribution in [1.82, 2.24) is 25.1 Å². The third kappa shape index (κ3) is 4.69. The number of anilines is 2. The summed E-state index contributed by atoms with van der Waals surface area (Å²) in [6.45, 7) is 7.77. The first-order valence-corrected chi connectivity index (χ1v) is 14.7. The lowest BCUT2D eigenvalue weighted by atomic mass is 10.0. The zero-order valence-electron chi connectivity index (χ0n) is 22.2. The highest BCUT2D eigenvalue weighted by Gasteiger charge is 2.39. The lowest BCUT2D eigenvalue weighted by molar-refractivity contribution is -0.136. The van der Waals surface area contributed by atoms with Gasteiger partial charge in [0.1, 0.15) is 6.04 Å². The summed E-state index contributed by atoms with van der Waals surface area (Å²) in [5, 5.41) is 4.45. The van der Waals surface area contributed by atoms with Crippen molar-refractivity contribution >= 4 is 51.0 Å². The van der Waals surface area contributed by atoms with E-state index >= 15 is 0 Å². The first-order chi connectivity index (χ1) is 19.5. The Morgan fingerprint density at radius 2 is 1.80 bits per heavy atom. The second-order valence-electron chi connectivity index (χ2n) is 10.7. The number of fused-ring (bicyclic) bond motifs is 2. The van der Waals surface area contributed by atoms with Crippen molar-refractivity contribution in [2.45, 2.75) is 32.0 Å². The molecule has 0 aliphatic carbocycles. The van der Waals surface area contributed by atoms with Crippen LogP contribution in [0.25, 0.3) is 10.2 Å². The predicted molar refractivity (Wildman–Crippen MR) is 150 cm³/mol. The van der Waals surface area contributed by atoms with Crippen LogP contribution < -0.4 is 15.1 Å². The van der Waals surface area contributed by atoms with E-state index in [2.05, 4.69) is 37.5 Å². The molecule has 1 unspecified atom stereocenters. The van der Waals surface area contributed by atoms with Crippen molar-refractivity contribution < 1.29 is 19.1 Å². The Balaban J connectivity index is 1.01. The molecule has 0 radical (unpaired) electrons. The molecule has 1 N–H and O–H groups in total. The van der Waals surface area contributed by atoms with E-state index < -0.39 is 6.04 Å². The van der Waals surface area contributed by atoms with Crippen LogP contribution in [0.15, 0.2) is 29.6 Å². The van der Waals surface area contributed by atoms with Crippen molar-refractivity contribution in [3.63, 3.8) is 0 Å². The van der Waals surface area contributed by atoms with Gasteiger partial charge in [-0.15, -0.1) is 11.3 Å². The number of amides is 3. The molecule has 0 saturated carbocycles. The monoisotopic (exact) mass is 561 g/mol. The Labute approximate surface area is 235 Å². The average molecular weight is 562 g/mol. The molecular formula is C28H31N7O4S. The van der Waals surface area contributed by atoms with Gasteiger partial charge in [0.25, 0.3) is 5.91 Å². The minimum Gasteiger partial charge on any atom is -0.378 e. The van der Waals surface area contributed by atoms with Crippen LogP contribution in [0.1, 0.15) is 34.3 Å². The van der Waals surface area contributed by atoms with Crippen molar-refractivity contribution in [1.29, 1.82) is 0 Å². The molecule has 208 valence electrons. The number of hydrogen-bond acceptors (Lipinski definition) is 10. The molecule has 4 aliphatic rings. The van der Waals surface area contributed by atoms with E-state index in [1.165, 1.54) is 0 Å². The van der Waals surface area contributed by atoms with Gasteiger partial charge in [-0.3, -0.25) is 24.6 Å². The molecule has 6 heterocycles. The Hall–Kier alpha value is -3.61. The first kappa shape index (κ1) is 25.4. The van der Waals surface area contributed by atoms with Crippen LogP contribution in [0.2, 0.25) is 0 Å². The first-order valence-electron chi connectivity index (χ1n) is 13.9.